The lowest BCUT2D eigenvalue weighted by molar-refractivity contribution is 0.0929. The maximum Gasteiger partial charge on any atom is 0.251 e. The molecule has 0 heterocycles. The van der Waals surface area contributed by atoms with Gasteiger partial charge in [0.25, 0.3) is 5.91 Å². The maximum absolute atomic E-state index is 12.9. The molecule has 1 aromatic rings. The molecule has 1 N–H and O–H groups in total. The maximum atomic E-state index is 12.9. The molecule has 0 radical (unpaired) electrons. The summed E-state index contributed by atoms with van der Waals surface area (Å²) in [4.78, 5) is 11.7. The van der Waals surface area contributed by atoms with E-state index in [1.165, 1.54) is 0 Å². The third kappa shape index (κ3) is 3.38. The molecular weight excluding hydrogens is 267 g/mol. The molecule has 6 heteroatoms. The molecule has 0 saturated heterocycles. The van der Waals surface area contributed by atoms with Crippen LogP contribution in [0.1, 0.15) is 24.2 Å². The smallest absolute Gasteiger partial charge is 0.251 e. The zero-order valence-electron chi connectivity index (χ0n) is 9.94. The van der Waals surface area contributed by atoms with Gasteiger partial charge in [0, 0.05) is 17.5 Å². The van der Waals surface area contributed by atoms with Crippen molar-refractivity contribution >= 4 is 17.5 Å². The highest BCUT2D eigenvalue weighted by atomic mass is 35.5. The molecule has 0 bridgehead atoms. The fourth-order valence-electron chi connectivity index (χ4n) is 1.25. The first-order valence-corrected chi connectivity index (χ1v) is 5.91. The first-order valence-electron chi connectivity index (χ1n) is 5.38. The van der Waals surface area contributed by atoms with Gasteiger partial charge in [-0.2, -0.15) is 0 Å². The zero-order chi connectivity index (χ0) is 13.9. The zero-order valence-corrected chi connectivity index (χ0v) is 10.7. The third-order valence-corrected chi connectivity index (χ3v) is 3.19. The molecule has 1 rings (SSSR count). The van der Waals surface area contributed by atoms with E-state index in [0.717, 1.165) is 0 Å². The van der Waals surface area contributed by atoms with E-state index in [0.29, 0.717) is 18.0 Å². The molecule has 0 aliphatic rings. The molecule has 1 amide bonds. The fourth-order valence-corrected chi connectivity index (χ4v) is 1.52. The number of nitrogens with one attached hydrogen (secondary N) is 1. The molecule has 0 aliphatic carbocycles. The summed E-state index contributed by atoms with van der Waals surface area (Å²) >= 11 is 5.63. The molecule has 0 fully saturated rings. The minimum Gasteiger partial charge on any atom is -0.349 e. The van der Waals surface area contributed by atoms with E-state index in [-0.39, 0.29) is 17.5 Å². The number of benzene rings is 1. The van der Waals surface area contributed by atoms with Crippen LogP contribution >= 0.6 is 11.6 Å². The van der Waals surface area contributed by atoms with E-state index in [2.05, 4.69) is 5.32 Å². The second-order valence-electron chi connectivity index (χ2n) is 4.15. The molecule has 100 valence electrons. The number of amides is 1. The van der Waals surface area contributed by atoms with Crippen LogP contribution in [0.3, 0.4) is 0 Å². The SMILES string of the molecule is CC(CCl)C(C)NC(=O)c1cc(F)c(F)c(F)c1. The molecule has 0 aromatic heterocycles. The van der Waals surface area contributed by atoms with Gasteiger partial charge in [0.1, 0.15) is 0 Å². The summed E-state index contributed by atoms with van der Waals surface area (Å²) in [5.41, 5.74) is -0.264. The first kappa shape index (κ1) is 14.8. The van der Waals surface area contributed by atoms with Gasteiger partial charge in [0.15, 0.2) is 17.5 Å². The predicted molar refractivity (Wildman–Crippen MR) is 63.1 cm³/mol. The summed E-state index contributed by atoms with van der Waals surface area (Å²) in [7, 11) is 0. The van der Waals surface area contributed by atoms with Crippen molar-refractivity contribution in [3.8, 4) is 0 Å². The Hall–Kier alpha value is -1.23. The van der Waals surface area contributed by atoms with Crippen LogP contribution in [0.15, 0.2) is 12.1 Å². The quantitative estimate of drug-likeness (QED) is 0.666. The molecular formula is C12H13ClF3NO. The molecule has 0 saturated carbocycles. The molecule has 0 spiro atoms. The predicted octanol–water partition coefficient (Wildman–Crippen LogP) is 3.10. The van der Waals surface area contributed by atoms with Gasteiger partial charge in [-0.05, 0) is 25.0 Å². The van der Waals surface area contributed by atoms with Crippen molar-refractivity contribution in [3.63, 3.8) is 0 Å². The van der Waals surface area contributed by atoms with E-state index in [4.69, 9.17) is 11.6 Å². The Kier molecular flexibility index (Phi) is 5.02. The van der Waals surface area contributed by atoms with Crippen molar-refractivity contribution in [2.24, 2.45) is 5.92 Å². The third-order valence-electron chi connectivity index (χ3n) is 2.70. The van der Waals surface area contributed by atoms with Gasteiger partial charge in [0.05, 0.1) is 0 Å². The minimum absolute atomic E-state index is 0.00533. The monoisotopic (exact) mass is 279 g/mol. The summed E-state index contributed by atoms with van der Waals surface area (Å²) in [6.07, 6.45) is 0. The van der Waals surface area contributed by atoms with E-state index < -0.39 is 23.4 Å². The molecule has 0 aliphatic heterocycles. The number of carbonyl (C=O) groups excluding carboxylic acids is 1. The van der Waals surface area contributed by atoms with E-state index >= 15 is 0 Å². The van der Waals surface area contributed by atoms with E-state index in [9.17, 15) is 18.0 Å². The second kappa shape index (κ2) is 6.09. The minimum atomic E-state index is -1.59. The van der Waals surface area contributed by atoms with Gasteiger partial charge in [-0.15, -0.1) is 11.6 Å². The van der Waals surface area contributed by atoms with Crippen LogP contribution in [-0.4, -0.2) is 17.8 Å². The van der Waals surface area contributed by atoms with Gasteiger partial charge in [-0.25, -0.2) is 13.2 Å². The lowest BCUT2D eigenvalue weighted by Crippen LogP contribution is -2.37. The number of hydrogen-bond donors (Lipinski definition) is 1. The van der Waals surface area contributed by atoms with Crippen molar-refractivity contribution in [2.45, 2.75) is 19.9 Å². The Morgan fingerprint density at radius 3 is 2.22 bits per heavy atom. The number of rotatable bonds is 4. The topological polar surface area (TPSA) is 29.1 Å². The van der Waals surface area contributed by atoms with E-state index in [1.807, 2.05) is 6.92 Å². The van der Waals surface area contributed by atoms with E-state index in [1.54, 1.807) is 6.92 Å². The molecule has 2 unspecified atom stereocenters. The summed E-state index contributed by atoms with van der Waals surface area (Å²) in [5, 5.41) is 2.54. The number of carbonyl (C=O) groups is 1. The van der Waals surface area contributed by atoms with Crippen LogP contribution in [0.2, 0.25) is 0 Å². The molecule has 18 heavy (non-hydrogen) atoms. The van der Waals surface area contributed by atoms with Crippen LogP contribution < -0.4 is 5.32 Å². The van der Waals surface area contributed by atoms with Crippen LogP contribution in [0, 0.1) is 23.4 Å². The van der Waals surface area contributed by atoms with Gasteiger partial charge in [-0.3, -0.25) is 4.79 Å². The second-order valence-corrected chi connectivity index (χ2v) is 4.46. The lowest BCUT2D eigenvalue weighted by Gasteiger charge is -2.19. The summed E-state index contributed by atoms with van der Waals surface area (Å²) in [5.74, 6) is -4.69. The van der Waals surface area contributed by atoms with Crippen LogP contribution in [0.25, 0.3) is 0 Å². The fraction of sp³-hybridized carbons (Fsp3) is 0.417. The van der Waals surface area contributed by atoms with Crippen molar-refractivity contribution in [1.29, 1.82) is 0 Å². The van der Waals surface area contributed by atoms with Crippen molar-refractivity contribution in [3.05, 3.63) is 35.1 Å². The molecule has 1 aromatic carbocycles. The summed E-state index contributed by atoms with van der Waals surface area (Å²) in [6, 6.07) is 1.06. The molecule has 2 atom stereocenters. The van der Waals surface area contributed by atoms with Gasteiger partial charge in [-0.1, -0.05) is 6.92 Å². The first-order chi connectivity index (χ1) is 8.36. The lowest BCUT2D eigenvalue weighted by atomic mass is 10.1. The van der Waals surface area contributed by atoms with Crippen molar-refractivity contribution < 1.29 is 18.0 Å². The average molecular weight is 280 g/mol. The van der Waals surface area contributed by atoms with Gasteiger partial charge in [0.2, 0.25) is 0 Å². The van der Waals surface area contributed by atoms with Gasteiger partial charge < -0.3 is 5.32 Å². The van der Waals surface area contributed by atoms with Gasteiger partial charge >= 0.3 is 0 Å². The highest BCUT2D eigenvalue weighted by Crippen LogP contribution is 2.14. The average Bonchev–Trinajstić information content (AvgIpc) is 2.33. The normalized spacial score (nSPS) is 14.1. The van der Waals surface area contributed by atoms with Crippen LogP contribution in [-0.2, 0) is 0 Å². The highest BCUT2D eigenvalue weighted by molar-refractivity contribution is 6.18. The Balaban J connectivity index is 2.85. The largest absolute Gasteiger partial charge is 0.349 e. The summed E-state index contributed by atoms with van der Waals surface area (Å²) in [6.45, 7) is 3.55. The van der Waals surface area contributed by atoms with Crippen LogP contribution in [0.4, 0.5) is 13.2 Å². The number of halogens is 4. The van der Waals surface area contributed by atoms with Crippen molar-refractivity contribution in [1.82, 2.24) is 5.32 Å². The Morgan fingerprint density at radius 1 is 1.28 bits per heavy atom. The highest BCUT2D eigenvalue weighted by Gasteiger charge is 2.18. The Bertz CT molecular complexity index is 430. The van der Waals surface area contributed by atoms with Crippen LogP contribution in [0.5, 0.6) is 0 Å². The Labute approximate surface area is 108 Å². The standard InChI is InChI=1S/C12H13ClF3NO/c1-6(5-13)7(2)17-12(18)8-3-9(14)11(16)10(15)4-8/h3-4,6-7H,5H2,1-2H3,(H,17,18). The Morgan fingerprint density at radius 2 is 1.78 bits per heavy atom. The molecule has 2 nitrogen and oxygen atoms in total. The summed E-state index contributed by atoms with van der Waals surface area (Å²) < 4.78 is 38.6. The number of hydrogen-bond acceptors (Lipinski definition) is 1. The number of alkyl halides is 1. The van der Waals surface area contributed by atoms with Crippen molar-refractivity contribution in [2.75, 3.05) is 5.88 Å².